The first-order valence-corrected chi connectivity index (χ1v) is 12.2. The summed E-state index contributed by atoms with van der Waals surface area (Å²) in [4.78, 5) is 13.9. The molecular formula is C28H35F2NO4. The Morgan fingerprint density at radius 2 is 2.06 bits per heavy atom. The molecule has 5 nitrogen and oxygen atoms in total. The lowest BCUT2D eigenvalue weighted by atomic mass is 10.0. The van der Waals surface area contributed by atoms with Crippen LogP contribution < -0.4 is 0 Å². The Kier molecular flexibility index (Phi) is 9.95. The van der Waals surface area contributed by atoms with E-state index in [0.717, 1.165) is 31.4 Å². The number of halogens is 2. The molecule has 2 aromatic rings. The minimum Gasteiger partial charge on any atom is -0.463 e. The lowest BCUT2D eigenvalue weighted by molar-refractivity contribution is -0.137. The highest BCUT2D eigenvalue weighted by molar-refractivity contribution is 5.87. The van der Waals surface area contributed by atoms with E-state index in [1.165, 1.54) is 24.3 Å². The van der Waals surface area contributed by atoms with Crippen molar-refractivity contribution in [1.82, 2.24) is 4.90 Å². The Labute approximate surface area is 206 Å². The van der Waals surface area contributed by atoms with Gasteiger partial charge in [0.05, 0.1) is 25.4 Å². The fraction of sp³-hybridized carbons (Fsp3) is 0.464. The molecule has 2 aromatic carbocycles. The number of benzene rings is 2. The SMILES string of the molecule is CCOC(=O)C=Cc1cc(F)ccc1[C@@H](C)OC[C@H](O)CN1CCC[C@H]1Cc1ccc(C)c(F)c1. The molecule has 0 bridgehead atoms. The number of carbonyl (C=O) groups excluding carboxylic acids is 1. The number of aliphatic hydroxyl groups is 1. The van der Waals surface area contributed by atoms with E-state index in [1.54, 1.807) is 32.0 Å². The van der Waals surface area contributed by atoms with Gasteiger partial charge >= 0.3 is 5.97 Å². The van der Waals surface area contributed by atoms with Crippen molar-refractivity contribution in [2.75, 3.05) is 26.3 Å². The van der Waals surface area contributed by atoms with Gasteiger partial charge in [-0.3, -0.25) is 4.90 Å². The molecule has 190 valence electrons. The van der Waals surface area contributed by atoms with Crippen LogP contribution in [0, 0.1) is 18.6 Å². The second-order valence-corrected chi connectivity index (χ2v) is 9.07. The minimum atomic E-state index is -0.702. The number of esters is 1. The fourth-order valence-electron chi connectivity index (χ4n) is 4.48. The first-order valence-electron chi connectivity index (χ1n) is 12.2. The third-order valence-electron chi connectivity index (χ3n) is 6.36. The second-order valence-electron chi connectivity index (χ2n) is 9.07. The average molecular weight is 488 g/mol. The van der Waals surface area contributed by atoms with Gasteiger partial charge in [-0.25, -0.2) is 13.6 Å². The molecule has 3 rings (SSSR count). The smallest absolute Gasteiger partial charge is 0.330 e. The minimum absolute atomic E-state index is 0.113. The molecule has 1 heterocycles. The topological polar surface area (TPSA) is 59.0 Å². The molecule has 0 radical (unpaired) electrons. The highest BCUT2D eigenvalue weighted by atomic mass is 19.1. The second kappa shape index (κ2) is 12.9. The highest BCUT2D eigenvalue weighted by Gasteiger charge is 2.27. The van der Waals surface area contributed by atoms with E-state index in [9.17, 15) is 18.7 Å². The van der Waals surface area contributed by atoms with Crippen molar-refractivity contribution in [3.8, 4) is 0 Å². The zero-order valence-corrected chi connectivity index (χ0v) is 20.7. The predicted octanol–water partition coefficient (Wildman–Crippen LogP) is 5.00. The number of hydrogen-bond donors (Lipinski definition) is 1. The van der Waals surface area contributed by atoms with Gasteiger partial charge in [0.1, 0.15) is 11.6 Å². The van der Waals surface area contributed by atoms with E-state index in [4.69, 9.17) is 9.47 Å². The lowest BCUT2D eigenvalue weighted by Crippen LogP contribution is -2.39. The number of nitrogens with zero attached hydrogens (tertiary/aromatic N) is 1. The van der Waals surface area contributed by atoms with E-state index in [2.05, 4.69) is 4.90 Å². The Balaban J connectivity index is 1.55. The number of β-amino-alcohol motifs (C(OH)–C–C–N with tert-alkyl or cyclic N) is 1. The van der Waals surface area contributed by atoms with Crippen LogP contribution in [0.1, 0.15) is 55.0 Å². The monoisotopic (exact) mass is 487 g/mol. The van der Waals surface area contributed by atoms with Crippen LogP contribution in [0.4, 0.5) is 8.78 Å². The standard InChI is InChI=1S/C28H35F2NO4/c1-4-34-28(33)12-9-22-16-23(29)10-11-26(22)20(3)35-18-25(32)17-31-13-5-6-24(31)14-21-8-7-19(2)27(30)15-21/h7-12,15-16,20,24-25,32H,4-6,13-14,17-18H2,1-3H3/t20-,24+,25-/m1/s1. The van der Waals surface area contributed by atoms with Crippen molar-refractivity contribution in [1.29, 1.82) is 0 Å². The fourth-order valence-corrected chi connectivity index (χ4v) is 4.48. The van der Waals surface area contributed by atoms with Crippen molar-refractivity contribution in [2.45, 2.75) is 58.3 Å². The molecule has 0 saturated carbocycles. The Bertz CT molecular complexity index is 1030. The van der Waals surface area contributed by atoms with Gasteiger partial charge < -0.3 is 14.6 Å². The number of ether oxygens (including phenoxy) is 2. The zero-order valence-electron chi connectivity index (χ0n) is 20.7. The summed E-state index contributed by atoms with van der Waals surface area (Å²) < 4.78 is 38.5. The van der Waals surface area contributed by atoms with Gasteiger partial charge in [-0.05, 0) is 93.1 Å². The molecule has 1 aliphatic heterocycles. The molecule has 0 unspecified atom stereocenters. The zero-order chi connectivity index (χ0) is 25.4. The van der Waals surface area contributed by atoms with Crippen LogP contribution in [-0.2, 0) is 20.7 Å². The molecule has 0 aromatic heterocycles. The summed E-state index contributed by atoms with van der Waals surface area (Å²) in [5, 5.41) is 10.7. The van der Waals surface area contributed by atoms with E-state index in [0.29, 0.717) is 23.2 Å². The molecule has 0 amide bonds. The van der Waals surface area contributed by atoms with Crippen LogP contribution in [0.25, 0.3) is 6.08 Å². The Hall–Kier alpha value is -2.61. The summed E-state index contributed by atoms with van der Waals surface area (Å²) in [6.07, 6.45) is 4.43. The van der Waals surface area contributed by atoms with E-state index in [1.807, 2.05) is 13.0 Å². The molecule has 0 aliphatic carbocycles. The van der Waals surface area contributed by atoms with Crippen LogP contribution in [0.3, 0.4) is 0 Å². The predicted molar refractivity (Wildman–Crippen MR) is 132 cm³/mol. The molecule has 1 N–H and O–H groups in total. The number of likely N-dealkylation sites (tertiary alicyclic amines) is 1. The van der Waals surface area contributed by atoms with Gasteiger partial charge in [0, 0.05) is 18.7 Å². The molecule has 1 aliphatic rings. The van der Waals surface area contributed by atoms with Crippen molar-refractivity contribution < 1.29 is 28.2 Å². The maximum Gasteiger partial charge on any atom is 0.330 e. The van der Waals surface area contributed by atoms with Crippen molar-refractivity contribution in [3.05, 3.63) is 76.4 Å². The van der Waals surface area contributed by atoms with Crippen LogP contribution in [0.2, 0.25) is 0 Å². The summed E-state index contributed by atoms with van der Waals surface area (Å²) in [6.45, 7) is 7.01. The molecule has 7 heteroatoms. The summed E-state index contributed by atoms with van der Waals surface area (Å²) in [5.74, 6) is -1.11. The third kappa shape index (κ3) is 7.95. The van der Waals surface area contributed by atoms with Crippen LogP contribution in [0.15, 0.2) is 42.5 Å². The van der Waals surface area contributed by atoms with Gasteiger partial charge in [-0.1, -0.05) is 18.2 Å². The van der Waals surface area contributed by atoms with Gasteiger partial charge in [0.25, 0.3) is 0 Å². The number of carbonyl (C=O) groups is 1. The van der Waals surface area contributed by atoms with Crippen molar-refractivity contribution >= 4 is 12.0 Å². The summed E-state index contributed by atoms with van der Waals surface area (Å²) in [7, 11) is 0. The number of aryl methyl sites for hydroxylation is 1. The number of hydrogen-bond acceptors (Lipinski definition) is 5. The molecular weight excluding hydrogens is 452 g/mol. The van der Waals surface area contributed by atoms with E-state index >= 15 is 0 Å². The first kappa shape index (κ1) is 27.0. The highest BCUT2D eigenvalue weighted by Crippen LogP contribution is 2.25. The van der Waals surface area contributed by atoms with Crippen molar-refractivity contribution in [3.63, 3.8) is 0 Å². The summed E-state index contributed by atoms with van der Waals surface area (Å²) >= 11 is 0. The molecule has 3 atom stereocenters. The molecule has 0 spiro atoms. The summed E-state index contributed by atoms with van der Waals surface area (Å²) in [5.41, 5.74) is 2.83. The van der Waals surface area contributed by atoms with E-state index in [-0.39, 0.29) is 25.1 Å². The van der Waals surface area contributed by atoms with Crippen LogP contribution >= 0.6 is 0 Å². The molecule has 1 saturated heterocycles. The summed E-state index contributed by atoms with van der Waals surface area (Å²) in [6, 6.07) is 9.92. The maximum atomic E-state index is 13.9. The quantitative estimate of drug-likeness (QED) is 0.357. The largest absolute Gasteiger partial charge is 0.463 e. The lowest BCUT2D eigenvalue weighted by Gasteiger charge is -2.27. The van der Waals surface area contributed by atoms with Crippen molar-refractivity contribution in [2.24, 2.45) is 0 Å². The number of aliphatic hydroxyl groups excluding tert-OH is 1. The first-order chi connectivity index (χ1) is 16.8. The number of rotatable bonds is 11. The van der Waals surface area contributed by atoms with Crippen LogP contribution in [0.5, 0.6) is 0 Å². The third-order valence-corrected chi connectivity index (χ3v) is 6.36. The average Bonchev–Trinajstić information content (AvgIpc) is 3.25. The van der Waals surface area contributed by atoms with Gasteiger partial charge in [-0.15, -0.1) is 0 Å². The Morgan fingerprint density at radius 1 is 1.26 bits per heavy atom. The van der Waals surface area contributed by atoms with Crippen LogP contribution in [-0.4, -0.2) is 54.4 Å². The Morgan fingerprint density at radius 3 is 2.80 bits per heavy atom. The van der Waals surface area contributed by atoms with Gasteiger partial charge in [0.2, 0.25) is 0 Å². The molecule has 35 heavy (non-hydrogen) atoms. The molecule has 1 fully saturated rings. The van der Waals surface area contributed by atoms with E-state index < -0.39 is 24.0 Å². The van der Waals surface area contributed by atoms with Gasteiger partial charge in [-0.2, -0.15) is 0 Å². The van der Waals surface area contributed by atoms with Gasteiger partial charge in [0.15, 0.2) is 0 Å². The normalized spacial score (nSPS) is 18.2. The maximum absolute atomic E-state index is 13.9.